The van der Waals surface area contributed by atoms with Crippen LogP contribution in [0.15, 0.2) is 42.5 Å². The molecule has 0 fully saturated rings. The van der Waals surface area contributed by atoms with Crippen molar-refractivity contribution in [3.63, 3.8) is 0 Å². The Morgan fingerprint density at radius 1 is 1.14 bits per heavy atom. The third-order valence-electron chi connectivity index (χ3n) is 3.89. The van der Waals surface area contributed by atoms with Crippen molar-refractivity contribution in [2.24, 2.45) is 0 Å². The van der Waals surface area contributed by atoms with E-state index in [-0.39, 0.29) is 0 Å². The van der Waals surface area contributed by atoms with Gasteiger partial charge in [-0.1, -0.05) is 29.8 Å². The fraction of sp³-hybridized carbons (Fsp3) is 0.167. The van der Waals surface area contributed by atoms with Crippen molar-refractivity contribution in [2.75, 3.05) is 0 Å². The number of aromatic carboxylic acids is 1. The molecule has 2 aromatic carbocycles. The second-order valence-corrected chi connectivity index (χ2v) is 5.73. The second kappa shape index (κ2) is 5.38. The van der Waals surface area contributed by atoms with Crippen LogP contribution in [0.2, 0.25) is 5.02 Å². The number of aryl methyl sites for hydroxylation is 2. The number of carboxylic acids is 1. The van der Waals surface area contributed by atoms with Crippen LogP contribution in [0.5, 0.6) is 0 Å². The molecule has 2 nitrogen and oxygen atoms in total. The molecule has 1 aliphatic rings. The summed E-state index contributed by atoms with van der Waals surface area (Å²) < 4.78 is 0. The molecule has 0 unspecified atom stereocenters. The number of benzene rings is 2. The summed E-state index contributed by atoms with van der Waals surface area (Å²) in [6, 6.07) is 11.2. The Morgan fingerprint density at radius 2 is 1.95 bits per heavy atom. The molecule has 0 saturated carbocycles. The quantitative estimate of drug-likeness (QED) is 0.870. The molecule has 2 aromatic rings. The van der Waals surface area contributed by atoms with Gasteiger partial charge in [0, 0.05) is 5.02 Å². The molecule has 3 heteroatoms. The average Bonchev–Trinajstić information content (AvgIpc) is 2.46. The zero-order valence-corrected chi connectivity index (χ0v) is 12.4. The van der Waals surface area contributed by atoms with E-state index < -0.39 is 5.97 Å². The first-order valence-corrected chi connectivity index (χ1v) is 7.27. The molecule has 1 aliphatic carbocycles. The van der Waals surface area contributed by atoms with Gasteiger partial charge in [0.2, 0.25) is 0 Å². The van der Waals surface area contributed by atoms with Crippen LogP contribution in [0, 0.1) is 6.92 Å². The molecular weight excluding hydrogens is 284 g/mol. The monoisotopic (exact) mass is 298 g/mol. The van der Waals surface area contributed by atoms with Gasteiger partial charge in [0.05, 0.1) is 5.56 Å². The van der Waals surface area contributed by atoms with E-state index in [1.807, 2.05) is 31.2 Å². The Balaban J connectivity index is 2.16. The number of hydrogen-bond donors (Lipinski definition) is 1. The first kappa shape index (κ1) is 13.9. The normalized spacial score (nSPS) is 13.5. The highest BCUT2D eigenvalue weighted by Gasteiger charge is 2.17. The molecule has 0 saturated heterocycles. The first-order chi connectivity index (χ1) is 10.1. The van der Waals surface area contributed by atoms with E-state index in [4.69, 9.17) is 11.6 Å². The lowest BCUT2D eigenvalue weighted by Crippen LogP contribution is -2.05. The standard InChI is InChI=1S/C18H15ClO2/c1-11-9-14(19)7-8-15(11)16-4-2-3-12-5-6-13(18(20)21)10-17(12)16/h4-10H,2-3H2,1H3,(H,20,21). The number of hydrogen-bond acceptors (Lipinski definition) is 1. The number of fused-ring (bicyclic) bond motifs is 1. The van der Waals surface area contributed by atoms with Gasteiger partial charge in [-0.05, 0) is 71.9 Å². The van der Waals surface area contributed by atoms with E-state index in [1.165, 1.54) is 5.56 Å². The maximum atomic E-state index is 11.2. The van der Waals surface area contributed by atoms with Crippen LogP contribution in [-0.4, -0.2) is 11.1 Å². The van der Waals surface area contributed by atoms with Crippen LogP contribution in [0.3, 0.4) is 0 Å². The van der Waals surface area contributed by atoms with E-state index in [2.05, 4.69) is 6.08 Å². The number of rotatable bonds is 2. The smallest absolute Gasteiger partial charge is 0.335 e. The predicted octanol–water partition coefficient (Wildman–Crippen LogP) is 4.72. The van der Waals surface area contributed by atoms with Crippen molar-refractivity contribution in [1.29, 1.82) is 0 Å². The van der Waals surface area contributed by atoms with Crippen molar-refractivity contribution in [1.82, 2.24) is 0 Å². The van der Waals surface area contributed by atoms with E-state index in [0.717, 1.165) is 35.1 Å². The highest BCUT2D eigenvalue weighted by molar-refractivity contribution is 6.30. The van der Waals surface area contributed by atoms with Crippen LogP contribution in [0.4, 0.5) is 0 Å². The van der Waals surface area contributed by atoms with Gasteiger partial charge in [-0.3, -0.25) is 0 Å². The number of carboxylic acid groups (broad SMARTS) is 1. The first-order valence-electron chi connectivity index (χ1n) is 6.89. The lowest BCUT2D eigenvalue weighted by atomic mass is 9.84. The minimum Gasteiger partial charge on any atom is -0.478 e. The fourth-order valence-electron chi connectivity index (χ4n) is 2.84. The van der Waals surface area contributed by atoms with Crippen LogP contribution < -0.4 is 0 Å². The molecule has 3 rings (SSSR count). The lowest BCUT2D eigenvalue weighted by Gasteiger charge is -2.20. The summed E-state index contributed by atoms with van der Waals surface area (Å²) >= 11 is 6.03. The molecular formula is C18H15ClO2. The third-order valence-corrected chi connectivity index (χ3v) is 4.12. The van der Waals surface area contributed by atoms with E-state index in [1.54, 1.807) is 12.1 Å². The zero-order chi connectivity index (χ0) is 15.0. The average molecular weight is 299 g/mol. The van der Waals surface area contributed by atoms with E-state index >= 15 is 0 Å². The summed E-state index contributed by atoms with van der Waals surface area (Å²) in [4.78, 5) is 11.2. The second-order valence-electron chi connectivity index (χ2n) is 5.29. The molecule has 0 amide bonds. The number of carbonyl (C=O) groups is 1. The highest BCUT2D eigenvalue weighted by Crippen LogP contribution is 2.34. The van der Waals surface area contributed by atoms with E-state index in [9.17, 15) is 9.90 Å². The highest BCUT2D eigenvalue weighted by atomic mass is 35.5. The summed E-state index contributed by atoms with van der Waals surface area (Å²) in [6.07, 6.45) is 4.10. The maximum Gasteiger partial charge on any atom is 0.335 e. The minimum absolute atomic E-state index is 0.327. The molecule has 0 spiro atoms. The Kier molecular flexibility index (Phi) is 3.56. The largest absolute Gasteiger partial charge is 0.478 e. The Morgan fingerprint density at radius 3 is 2.67 bits per heavy atom. The van der Waals surface area contributed by atoms with Crippen molar-refractivity contribution in [2.45, 2.75) is 19.8 Å². The molecule has 21 heavy (non-hydrogen) atoms. The Labute approximate surface area is 128 Å². The van der Waals surface area contributed by atoms with Gasteiger partial charge in [-0.15, -0.1) is 0 Å². The maximum absolute atomic E-state index is 11.2. The summed E-state index contributed by atoms with van der Waals surface area (Å²) in [5, 5.41) is 9.91. The molecule has 0 heterocycles. The molecule has 0 atom stereocenters. The zero-order valence-electron chi connectivity index (χ0n) is 11.7. The van der Waals surface area contributed by atoms with Crippen molar-refractivity contribution < 1.29 is 9.90 Å². The summed E-state index contributed by atoms with van der Waals surface area (Å²) in [5.41, 5.74) is 5.87. The van der Waals surface area contributed by atoms with Crippen LogP contribution in [-0.2, 0) is 6.42 Å². The van der Waals surface area contributed by atoms with Gasteiger partial charge in [0.1, 0.15) is 0 Å². The third kappa shape index (κ3) is 2.59. The topological polar surface area (TPSA) is 37.3 Å². The van der Waals surface area contributed by atoms with Crippen molar-refractivity contribution >= 4 is 23.1 Å². The molecule has 0 aromatic heterocycles. The molecule has 0 bridgehead atoms. The Hall–Kier alpha value is -2.06. The van der Waals surface area contributed by atoms with Gasteiger partial charge in [-0.2, -0.15) is 0 Å². The van der Waals surface area contributed by atoms with Gasteiger partial charge < -0.3 is 5.11 Å². The molecule has 1 N–H and O–H groups in total. The van der Waals surface area contributed by atoms with Crippen LogP contribution >= 0.6 is 11.6 Å². The Bertz CT molecular complexity index is 760. The SMILES string of the molecule is Cc1cc(Cl)ccc1C1=CCCc2ccc(C(=O)O)cc21. The van der Waals surface area contributed by atoms with E-state index in [0.29, 0.717) is 10.6 Å². The summed E-state index contributed by atoms with van der Waals surface area (Å²) in [5.74, 6) is -0.893. The van der Waals surface area contributed by atoms with Gasteiger partial charge in [0.15, 0.2) is 0 Å². The number of halogens is 1. The van der Waals surface area contributed by atoms with Crippen LogP contribution in [0.25, 0.3) is 5.57 Å². The van der Waals surface area contributed by atoms with Crippen LogP contribution in [0.1, 0.15) is 39.0 Å². The van der Waals surface area contributed by atoms with Gasteiger partial charge in [0.25, 0.3) is 0 Å². The molecule has 0 aliphatic heterocycles. The number of allylic oxidation sites excluding steroid dienone is 1. The van der Waals surface area contributed by atoms with Gasteiger partial charge in [-0.25, -0.2) is 4.79 Å². The molecule has 106 valence electrons. The van der Waals surface area contributed by atoms with Gasteiger partial charge >= 0.3 is 5.97 Å². The fourth-order valence-corrected chi connectivity index (χ4v) is 3.07. The van der Waals surface area contributed by atoms with Crippen molar-refractivity contribution in [3.8, 4) is 0 Å². The predicted molar refractivity (Wildman–Crippen MR) is 85.0 cm³/mol. The summed E-state index contributed by atoms with van der Waals surface area (Å²) in [6.45, 7) is 2.03. The van der Waals surface area contributed by atoms with Crippen molar-refractivity contribution in [3.05, 3.63) is 75.3 Å². The minimum atomic E-state index is -0.893. The summed E-state index contributed by atoms with van der Waals surface area (Å²) in [7, 11) is 0. The molecule has 0 radical (unpaired) electrons. The lowest BCUT2D eigenvalue weighted by molar-refractivity contribution is 0.0697.